The lowest BCUT2D eigenvalue weighted by atomic mass is 10.0. The van der Waals surface area contributed by atoms with Crippen LogP contribution in [-0.4, -0.2) is 23.5 Å². The number of benzene rings is 1. The summed E-state index contributed by atoms with van der Waals surface area (Å²) < 4.78 is 0. The molecule has 3 N–H and O–H groups in total. The third-order valence-electron chi connectivity index (χ3n) is 4.31. The number of carbonyl (C=O) groups is 1. The van der Waals surface area contributed by atoms with Crippen LogP contribution < -0.4 is 11.1 Å². The van der Waals surface area contributed by atoms with E-state index in [9.17, 15) is 4.79 Å². The van der Waals surface area contributed by atoms with E-state index in [4.69, 9.17) is 17.3 Å². The van der Waals surface area contributed by atoms with Crippen molar-refractivity contribution in [3.8, 4) is 10.6 Å². The van der Waals surface area contributed by atoms with Crippen molar-refractivity contribution in [3.05, 3.63) is 40.4 Å². The lowest BCUT2D eigenvalue weighted by molar-refractivity contribution is -0.121. The van der Waals surface area contributed by atoms with Crippen LogP contribution in [0.5, 0.6) is 0 Å². The average molecular weight is 423 g/mol. The van der Waals surface area contributed by atoms with Crippen LogP contribution in [0.4, 0.5) is 0 Å². The maximum atomic E-state index is 12.2. The number of nitrogens with one attached hydrogen (secondary N) is 1. The molecule has 1 saturated carbocycles. The van der Waals surface area contributed by atoms with E-state index < -0.39 is 0 Å². The number of aromatic nitrogens is 1. The monoisotopic (exact) mass is 421 g/mol. The molecule has 138 valence electrons. The molecule has 1 aliphatic carbocycles. The topological polar surface area (TPSA) is 68.0 Å². The highest BCUT2D eigenvalue weighted by Crippen LogP contribution is 2.30. The first-order valence-corrected chi connectivity index (χ1v) is 9.12. The fourth-order valence-corrected chi connectivity index (χ4v) is 4.22. The standard InChI is InChI=1S/C17H20ClN3OS.2ClH/c18-14-6-2-1-5-13(14)17-20-12(10-23-17)8-16(22)21-15-7-3-4-11(15)9-19;;/h1-2,5-6,10-11,15H,3-4,7-9,19H2,(H,21,22);2*1H. The van der Waals surface area contributed by atoms with Gasteiger partial charge in [-0.15, -0.1) is 36.2 Å². The smallest absolute Gasteiger partial charge is 0.226 e. The van der Waals surface area contributed by atoms with Gasteiger partial charge in [0.05, 0.1) is 17.1 Å². The van der Waals surface area contributed by atoms with Gasteiger partial charge in [-0.05, 0) is 31.4 Å². The predicted molar refractivity (Wildman–Crippen MR) is 109 cm³/mol. The van der Waals surface area contributed by atoms with E-state index in [2.05, 4.69) is 10.3 Å². The summed E-state index contributed by atoms with van der Waals surface area (Å²) in [5.41, 5.74) is 7.45. The Morgan fingerprint density at radius 1 is 1.32 bits per heavy atom. The summed E-state index contributed by atoms with van der Waals surface area (Å²) in [7, 11) is 0. The molecule has 0 aliphatic heterocycles. The van der Waals surface area contributed by atoms with E-state index in [1.165, 1.54) is 11.3 Å². The third-order valence-corrected chi connectivity index (χ3v) is 5.56. The molecule has 4 nitrogen and oxygen atoms in total. The largest absolute Gasteiger partial charge is 0.353 e. The van der Waals surface area contributed by atoms with Crippen molar-refractivity contribution >= 4 is 53.7 Å². The third kappa shape index (κ3) is 5.56. The van der Waals surface area contributed by atoms with Gasteiger partial charge in [-0.25, -0.2) is 4.98 Å². The molecule has 8 heteroatoms. The van der Waals surface area contributed by atoms with Crippen LogP contribution in [0.3, 0.4) is 0 Å². The van der Waals surface area contributed by atoms with Crippen molar-refractivity contribution in [1.82, 2.24) is 10.3 Å². The molecule has 1 aliphatic rings. The minimum atomic E-state index is 0. The number of halogens is 3. The first kappa shape index (κ1) is 22.2. The Kier molecular flexibility index (Phi) is 9.17. The zero-order valence-corrected chi connectivity index (χ0v) is 16.8. The van der Waals surface area contributed by atoms with Crippen LogP contribution in [0.15, 0.2) is 29.6 Å². The van der Waals surface area contributed by atoms with E-state index in [0.717, 1.165) is 35.5 Å². The van der Waals surface area contributed by atoms with E-state index in [1.807, 2.05) is 29.6 Å². The maximum absolute atomic E-state index is 12.2. The summed E-state index contributed by atoms with van der Waals surface area (Å²) in [5, 5.41) is 6.55. The molecule has 25 heavy (non-hydrogen) atoms. The highest BCUT2D eigenvalue weighted by atomic mass is 35.5. The number of nitrogens with two attached hydrogens (primary N) is 1. The Hall–Kier alpha value is -0.850. The molecule has 0 spiro atoms. The fourth-order valence-electron chi connectivity index (χ4n) is 3.08. The van der Waals surface area contributed by atoms with Crippen LogP contribution in [-0.2, 0) is 11.2 Å². The van der Waals surface area contributed by atoms with Crippen molar-refractivity contribution < 1.29 is 4.79 Å². The molecule has 1 aromatic carbocycles. The van der Waals surface area contributed by atoms with Gasteiger partial charge >= 0.3 is 0 Å². The fraction of sp³-hybridized carbons (Fsp3) is 0.412. The Balaban J connectivity index is 0.00000156. The lowest BCUT2D eigenvalue weighted by Gasteiger charge is -2.19. The van der Waals surface area contributed by atoms with Gasteiger partial charge in [0.1, 0.15) is 5.01 Å². The van der Waals surface area contributed by atoms with E-state index in [0.29, 0.717) is 23.9 Å². The minimum absolute atomic E-state index is 0. The van der Waals surface area contributed by atoms with Crippen LogP contribution >= 0.6 is 47.8 Å². The maximum Gasteiger partial charge on any atom is 0.226 e. The van der Waals surface area contributed by atoms with E-state index in [1.54, 1.807) is 0 Å². The summed E-state index contributed by atoms with van der Waals surface area (Å²) in [6, 6.07) is 7.83. The molecule has 2 aromatic rings. The average Bonchev–Trinajstić information content (AvgIpc) is 3.17. The summed E-state index contributed by atoms with van der Waals surface area (Å²) in [6.45, 7) is 0.637. The molecular formula is C17H22Cl3N3OS. The van der Waals surface area contributed by atoms with Gasteiger partial charge in [0.2, 0.25) is 5.91 Å². The van der Waals surface area contributed by atoms with Crippen LogP contribution in [0.2, 0.25) is 5.02 Å². The zero-order chi connectivity index (χ0) is 16.2. The molecule has 0 bridgehead atoms. The molecule has 3 rings (SSSR count). The van der Waals surface area contributed by atoms with Gasteiger partial charge in [-0.2, -0.15) is 0 Å². The predicted octanol–water partition coefficient (Wildman–Crippen LogP) is 4.09. The second kappa shape index (κ2) is 10.3. The number of hydrogen-bond acceptors (Lipinski definition) is 4. The Morgan fingerprint density at radius 3 is 2.80 bits per heavy atom. The lowest BCUT2D eigenvalue weighted by Crippen LogP contribution is -2.40. The number of thiazole rings is 1. The second-order valence-corrected chi connectivity index (χ2v) is 7.17. The molecule has 1 amide bonds. The summed E-state index contributed by atoms with van der Waals surface area (Å²) in [4.78, 5) is 16.8. The minimum Gasteiger partial charge on any atom is -0.353 e. The second-order valence-electron chi connectivity index (χ2n) is 5.90. The summed E-state index contributed by atoms with van der Waals surface area (Å²) in [6.07, 6.45) is 3.57. The van der Waals surface area contributed by atoms with Gasteiger partial charge < -0.3 is 11.1 Å². The Morgan fingerprint density at radius 2 is 2.08 bits per heavy atom. The molecule has 1 aromatic heterocycles. The van der Waals surface area contributed by atoms with Crippen molar-refractivity contribution in [2.24, 2.45) is 11.7 Å². The van der Waals surface area contributed by atoms with Crippen LogP contribution in [0.1, 0.15) is 25.0 Å². The highest BCUT2D eigenvalue weighted by Gasteiger charge is 2.27. The van der Waals surface area contributed by atoms with Crippen molar-refractivity contribution in [3.63, 3.8) is 0 Å². The number of rotatable bonds is 5. The zero-order valence-electron chi connectivity index (χ0n) is 13.6. The summed E-state index contributed by atoms with van der Waals surface area (Å²) in [5.74, 6) is 0.430. The summed E-state index contributed by atoms with van der Waals surface area (Å²) >= 11 is 7.71. The normalized spacial score (nSPS) is 19.0. The van der Waals surface area contributed by atoms with Crippen LogP contribution in [0, 0.1) is 5.92 Å². The molecule has 2 unspecified atom stereocenters. The first-order valence-electron chi connectivity index (χ1n) is 7.86. The Bertz CT molecular complexity index is 695. The van der Waals surface area contributed by atoms with Gasteiger partial charge in [0, 0.05) is 17.0 Å². The number of hydrogen-bond donors (Lipinski definition) is 2. The van der Waals surface area contributed by atoms with Crippen molar-refractivity contribution in [2.45, 2.75) is 31.7 Å². The molecule has 1 fully saturated rings. The van der Waals surface area contributed by atoms with Crippen molar-refractivity contribution in [2.75, 3.05) is 6.54 Å². The molecule has 0 saturated heterocycles. The number of carbonyl (C=O) groups excluding carboxylic acids is 1. The van der Waals surface area contributed by atoms with E-state index in [-0.39, 0.29) is 36.8 Å². The van der Waals surface area contributed by atoms with Gasteiger partial charge in [0.25, 0.3) is 0 Å². The molecule has 0 radical (unpaired) electrons. The highest BCUT2D eigenvalue weighted by molar-refractivity contribution is 7.13. The van der Waals surface area contributed by atoms with Crippen LogP contribution in [0.25, 0.3) is 10.6 Å². The van der Waals surface area contributed by atoms with E-state index >= 15 is 0 Å². The van der Waals surface area contributed by atoms with Gasteiger partial charge in [-0.3, -0.25) is 4.79 Å². The number of nitrogens with zero attached hydrogens (tertiary/aromatic N) is 1. The molecule has 1 heterocycles. The van der Waals surface area contributed by atoms with Crippen molar-refractivity contribution in [1.29, 1.82) is 0 Å². The Labute approximate surface area is 169 Å². The van der Waals surface area contributed by atoms with Gasteiger partial charge in [0.15, 0.2) is 0 Å². The number of amides is 1. The van der Waals surface area contributed by atoms with Gasteiger partial charge in [-0.1, -0.05) is 36.2 Å². The quantitative estimate of drug-likeness (QED) is 0.762. The molecular weight excluding hydrogens is 401 g/mol. The molecule has 2 atom stereocenters. The first-order chi connectivity index (χ1) is 11.2. The SMILES string of the molecule is Cl.Cl.NCC1CCCC1NC(=O)Cc1csc(-c2ccccc2Cl)n1.